The number of benzene rings is 1. The van der Waals surface area contributed by atoms with Gasteiger partial charge in [0.2, 0.25) is 0 Å². The molecule has 0 radical (unpaired) electrons. The van der Waals surface area contributed by atoms with Crippen LogP contribution in [0.3, 0.4) is 0 Å². The lowest BCUT2D eigenvalue weighted by Gasteiger charge is -2.18. The number of fused-ring (bicyclic) bond motifs is 1. The predicted molar refractivity (Wildman–Crippen MR) is 73.3 cm³/mol. The number of anilines is 1. The molecule has 1 aromatic heterocycles. The smallest absolute Gasteiger partial charge is 0.146 e. The van der Waals surface area contributed by atoms with Crippen molar-refractivity contribution in [1.29, 1.82) is 0 Å². The molecule has 2 heterocycles. The van der Waals surface area contributed by atoms with Gasteiger partial charge in [0, 0.05) is 11.3 Å². The Hall–Kier alpha value is -1.81. The first-order valence-electron chi connectivity index (χ1n) is 5.70. The normalized spacial score (nSPS) is 13.9. The van der Waals surface area contributed by atoms with Gasteiger partial charge < -0.3 is 4.90 Å². The van der Waals surface area contributed by atoms with Gasteiger partial charge in [-0.1, -0.05) is 24.4 Å². The maximum atomic E-state index is 13.8. The van der Waals surface area contributed by atoms with E-state index in [2.05, 4.69) is 4.98 Å². The monoisotopic (exact) mass is 258 g/mol. The third kappa shape index (κ3) is 1.69. The first kappa shape index (κ1) is 11.3. The van der Waals surface area contributed by atoms with E-state index in [1.165, 1.54) is 6.07 Å². The lowest BCUT2D eigenvalue weighted by molar-refractivity contribution is 0.626. The molecule has 1 aliphatic heterocycles. The van der Waals surface area contributed by atoms with E-state index in [1.807, 2.05) is 25.1 Å². The van der Waals surface area contributed by atoms with Crippen molar-refractivity contribution in [1.82, 2.24) is 4.98 Å². The Morgan fingerprint density at radius 2 is 2.00 bits per heavy atom. The Balaban J connectivity index is 2.05. The zero-order valence-electron chi connectivity index (χ0n) is 9.85. The molecule has 0 atom stereocenters. The van der Waals surface area contributed by atoms with Gasteiger partial charge in [0.1, 0.15) is 10.8 Å². The summed E-state index contributed by atoms with van der Waals surface area (Å²) in [5.41, 5.74) is 3.31. The van der Waals surface area contributed by atoms with Crippen molar-refractivity contribution in [2.45, 2.75) is 13.5 Å². The maximum Gasteiger partial charge on any atom is 0.146 e. The fourth-order valence-electron chi connectivity index (χ4n) is 2.16. The molecule has 1 aliphatic rings. The summed E-state index contributed by atoms with van der Waals surface area (Å²) in [7, 11) is 0. The van der Waals surface area contributed by atoms with Crippen molar-refractivity contribution in [2.24, 2.45) is 0 Å². The van der Waals surface area contributed by atoms with Crippen LogP contribution in [0.15, 0.2) is 36.4 Å². The molecule has 0 amide bonds. The molecule has 0 saturated carbocycles. The summed E-state index contributed by atoms with van der Waals surface area (Å²) in [6.07, 6.45) is 0. The fourth-order valence-corrected chi connectivity index (χ4v) is 2.51. The SMILES string of the molecule is Cc1ccc2c(n1)CN(c1ccccc1F)C2=S. The first-order valence-corrected chi connectivity index (χ1v) is 6.10. The molecule has 0 unspecified atom stereocenters. The highest BCUT2D eigenvalue weighted by atomic mass is 32.1. The molecule has 0 bridgehead atoms. The third-order valence-corrected chi connectivity index (χ3v) is 3.48. The lowest BCUT2D eigenvalue weighted by Crippen LogP contribution is -2.23. The summed E-state index contributed by atoms with van der Waals surface area (Å²) in [5.74, 6) is -0.260. The molecule has 0 N–H and O–H groups in total. The van der Waals surface area contributed by atoms with Crippen LogP contribution in [0, 0.1) is 12.7 Å². The van der Waals surface area contributed by atoms with Gasteiger partial charge in [-0.25, -0.2) is 4.39 Å². The van der Waals surface area contributed by atoms with Gasteiger partial charge in [-0.2, -0.15) is 0 Å². The fraction of sp³-hybridized carbons (Fsp3) is 0.143. The van der Waals surface area contributed by atoms with E-state index in [0.717, 1.165) is 17.0 Å². The highest BCUT2D eigenvalue weighted by Gasteiger charge is 2.27. The number of aromatic nitrogens is 1. The molecule has 3 rings (SSSR count). The second-order valence-corrected chi connectivity index (χ2v) is 4.68. The summed E-state index contributed by atoms with van der Waals surface area (Å²) >= 11 is 5.40. The van der Waals surface area contributed by atoms with Gasteiger partial charge >= 0.3 is 0 Å². The van der Waals surface area contributed by atoms with E-state index in [9.17, 15) is 4.39 Å². The number of nitrogens with zero attached hydrogens (tertiary/aromatic N) is 2. The number of para-hydroxylation sites is 1. The lowest BCUT2D eigenvalue weighted by atomic mass is 10.2. The van der Waals surface area contributed by atoms with Gasteiger partial charge in [0.15, 0.2) is 0 Å². The third-order valence-electron chi connectivity index (χ3n) is 3.04. The van der Waals surface area contributed by atoms with Crippen molar-refractivity contribution in [3.8, 4) is 0 Å². The number of hydrogen-bond acceptors (Lipinski definition) is 2. The molecule has 0 spiro atoms. The van der Waals surface area contributed by atoms with Crippen LogP contribution in [0.25, 0.3) is 0 Å². The number of thiocarbonyl (C=S) groups is 1. The highest BCUT2D eigenvalue weighted by Crippen LogP contribution is 2.29. The van der Waals surface area contributed by atoms with Crippen LogP contribution in [0.1, 0.15) is 17.0 Å². The average Bonchev–Trinajstić information content (AvgIpc) is 2.67. The van der Waals surface area contributed by atoms with E-state index in [1.54, 1.807) is 17.0 Å². The van der Waals surface area contributed by atoms with Crippen LogP contribution >= 0.6 is 12.2 Å². The Bertz CT molecular complexity index is 639. The highest BCUT2D eigenvalue weighted by molar-refractivity contribution is 7.81. The molecule has 1 aromatic carbocycles. The van der Waals surface area contributed by atoms with E-state index in [4.69, 9.17) is 12.2 Å². The predicted octanol–water partition coefficient (Wildman–Crippen LogP) is 3.22. The summed E-state index contributed by atoms with van der Waals surface area (Å²) in [5, 5.41) is 0. The molecule has 18 heavy (non-hydrogen) atoms. The molecule has 0 saturated heterocycles. The minimum Gasteiger partial charge on any atom is -0.324 e. The van der Waals surface area contributed by atoms with E-state index in [-0.39, 0.29) is 5.82 Å². The van der Waals surface area contributed by atoms with Crippen molar-refractivity contribution in [3.05, 3.63) is 59.2 Å². The zero-order chi connectivity index (χ0) is 12.7. The van der Waals surface area contributed by atoms with Crippen molar-refractivity contribution in [3.63, 3.8) is 0 Å². The van der Waals surface area contributed by atoms with E-state index >= 15 is 0 Å². The average molecular weight is 258 g/mol. The van der Waals surface area contributed by atoms with Crippen LogP contribution < -0.4 is 4.90 Å². The van der Waals surface area contributed by atoms with Crippen molar-refractivity contribution < 1.29 is 4.39 Å². The van der Waals surface area contributed by atoms with Gasteiger partial charge in [0.05, 0.1) is 17.9 Å². The Kier molecular flexibility index (Phi) is 2.59. The second-order valence-electron chi connectivity index (χ2n) is 4.29. The summed E-state index contributed by atoms with van der Waals surface area (Å²) in [4.78, 5) is 6.89. The molecule has 90 valence electrons. The van der Waals surface area contributed by atoms with Gasteiger partial charge in [-0.05, 0) is 31.2 Å². The largest absolute Gasteiger partial charge is 0.324 e. The Morgan fingerprint density at radius 3 is 2.78 bits per heavy atom. The molecule has 0 aliphatic carbocycles. The number of halogens is 1. The summed E-state index contributed by atoms with van der Waals surface area (Å²) in [6.45, 7) is 2.48. The van der Waals surface area contributed by atoms with E-state index < -0.39 is 0 Å². The molecular weight excluding hydrogens is 247 g/mol. The topological polar surface area (TPSA) is 16.1 Å². The van der Waals surface area contributed by atoms with E-state index in [0.29, 0.717) is 17.2 Å². The quantitative estimate of drug-likeness (QED) is 0.731. The minimum absolute atomic E-state index is 0.260. The Labute approximate surface area is 110 Å². The van der Waals surface area contributed by atoms with Crippen LogP contribution in [0.5, 0.6) is 0 Å². The van der Waals surface area contributed by atoms with Crippen LogP contribution in [-0.4, -0.2) is 9.97 Å². The zero-order valence-corrected chi connectivity index (χ0v) is 10.7. The first-order chi connectivity index (χ1) is 8.66. The van der Waals surface area contributed by atoms with Crippen LogP contribution in [-0.2, 0) is 6.54 Å². The van der Waals surface area contributed by atoms with Crippen LogP contribution in [0.4, 0.5) is 10.1 Å². The van der Waals surface area contributed by atoms with Crippen molar-refractivity contribution in [2.75, 3.05) is 4.90 Å². The Morgan fingerprint density at radius 1 is 1.22 bits per heavy atom. The number of aryl methyl sites for hydroxylation is 1. The minimum atomic E-state index is -0.260. The molecule has 0 fully saturated rings. The van der Waals surface area contributed by atoms with Gasteiger partial charge in [0.25, 0.3) is 0 Å². The van der Waals surface area contributed by atoms with Crippen LogP contribution in [0.2, 0.25) is 0 Å². The van der Waals surface area contributed by atoms with Gasteiger partial charge in [-0.3, -0.25) is 4.98 Å². The number of hydrogen-bond donors (Lipinski definition) is 0. The standard InChI is InChI=1S/C14H11FN2S/c1-9-6-7-10-12(16-9)8-17(14(10)18)13-5-3-2-4-11(13)15/h2-7H,8H2,1H3. The molecule has 2 aromatic rings. The second kappa shape index (κ2) is 4.14. The number of pyridine rings is 1. The summed E-state index contributed by atoms with van der Waals surface area (Å²) < 4.78 is 13.8. The molecule has 4 heteroatoms. The molecular formula is C14H11FN2S. The molecule has 2 nitrogen and oxygen atoms in total. The number of rotatable bonds is 1. The van der Waals surface area contributed by atoms with Gasteiger partial charge in [-0.15, -0.1) is 0 Å². The maximum absolute atomic E-state index is 13.8. The van der Waals surface area contributed by atoms with Crippen molar-refractivity contribution >= 4 is 22.9 Å². The summed E-state index contributed by atoms with van der Waals surface area (Å²) in [6, 6.07) is 10.5.